The lowest BCUT2D eigenvalue weighted by Gasteiger charge is -2.30. The highest BCUT2D eigenvalue weighted by Crippen LogP contribution is 2.26. The van der Waals surface area contributed by atoms with Crippen molar-refractivity contribution in [3.63, 3.8) is 0 Å². The molecule has 0 unspecified atom stereocenters. The molecule has 0 bridgehead atoms. The van der Waals surface area contributed by atoms with Crippen LogP contribution in [0.2, 0.25) is 0 Å². The van der Waals surface area contributed by atoms with Crippen molar-refractivity contribution in [1.82, 2.24) is 0 Å². The van der Waals surface area contributed by atoms with E-state index in [9.17, 15) is 4.79 Å². The molecule has 4 heteroatoms. The minimum Gasteiger partial charge on any atom is -0.399 e. The first kappa shape index (κ1) is 13.5. The molecule has 4 nitrogen and oxygen atoms in total. The van der Waals surface area contributed by atoms with Crippen LogP contribution >= 0.6 is 0 Å². The van der Waals surface area contributed by atoms with E-state index >= 15 is 0 Å². The van der Waals surface area contributed by atoms with Gasteiger partial charge in [-0.1, -0.05) is 18.2 Å². The molecular weight excluding hydrogens is 262 g/mol. The Morgan fingerprint density at radius 3 is 2.71 bits per heavy atom. The Balaban J connectivity index is 1.67. The van der Waals surface area contributed by atoms with Crippen molar-refractivity contribution in [2.45, 2.75) is 12.8 Å². The van der Waals surface area contributed by atoms with E-state index in [0.29, 0.717) is 12.2 Å². The molecule has 1 aliphatic rings. The second-order valence-corrected chi connectivity index (χ2v) is 5.32. The van der Waals surface area contributed by atoms with Gasteiger partial charge in [0.05, 0.1) is 6.54 Å². The normalized spacial score (nSPS) is 13.6. The molecule has 0 fully saturated rings. The van der Waals surface area contributed by atoms with E-state index in [0.717, 1.165) is 25.1 Å². The van der Waals surface area contributed by atoms with E-state index in [2.05, 4.69) is 28.4 Å². The summed E-state index contributed by atoms with van der Waals surface area (Å²) >= 11 is 0. The molecule has 21 heavy (non-hydrogen) atoms. The quantitative estimate of drug-likeness (QED) is 0.850. The summed E-state index contributed by atoms with van der Waals surface area (Å²) in [5.74, 6) is -0.00326. The topological polar surface area (TPSA) is 58.4 Å². The minimum absolute atomic E-state index is 0.00326. The zero-order chi connectivity index (χ0) is 14.7. The van der Waals surface area contributed by atoms with Crippen LogP contribution in [0.4, 0.5) is 17.1 Å². The second-order valence-electron chi connectivity index (χ2n) is 5.32. The fraction of sp³-hybridized carbons (Fsp3) is 0.235. The lowest BCUT2D eigenvalue weighted by molar-refractivity contribution is -0.115. The summed E-state index contributed by atoms with van der Waals surface area (Å²) in [6, 6.07) is 15.5. The Morgan fingerprint density at radius 2 is 1.90 bits per heavy atom. The third-order valence-electron chi connectivity index (χ3n) is 3.74. The van der Waals surface area contributed by atoms with Gasteiger partial charge in [-0.15, -0.1) is 0 Å². The zero-order valence-electron chi connectivity index (χ0n) is 11.9. The SMILES string of the molecule is Nc1ccc(NC(=O)CN2CCCc3ccccc32)cc1. The number of nitrogens with two attached hydrogens (primary N) is 1. The van der Waals surface area contributed by atoms with Crippen LogP contribution in [0.3, 0.4) is 0 Å². The largest absolute Gasteiger partial charge is 0.399 e. The maximum absolute atomic E-state index is 12.2. The highest BCUT2D eigenvalue weighted by atomic mass is 16.2. The molecule has 1 heterocycles. The van der Waals surface area contributed by atoms with Gasteiger partial charge >= 0.3 is 0 Å². The van der Waals surface area contributed by atoms with Crippen molar-refractivity contribution in [2.24, 2.45) is 0 Å². The zero-order valence-corrected chi connectivity index (χ0v) is 11.9. The van der Waals surface area contributed by atoms with Gasteiger partial charge in [0.15, 0.2) is 0 Å². The molecule has 3 N–H and O–H groups in total. The fourth-order valence-electron chi connectivity index (χ4n) is 2.72. The standard InChI is InChI=1S/C17H19N3O/c18-14-7-9-15(10-8-14)19-17(21)12-20-11-3-5-13-4-1-2-6-16(13)20/h1-2,4,6-10H,3,5,11-12,18H2,(H,19,21). The third-order valence-corrected chi connectivity index (χ3v) is 3.74. The Morgan fingerprint density at radius 1 is 1.14 bits per heavy atom. The number of nitrogens with one attached hydrogen (secondary N) is 1. The van der Waals surface area contributed by atoms with E-state index in [1.165, 1.54) is 11.3 Å². The molecule has 0 saturated carbocycles. The lowest BCUT2D eigenvalue weighted by atomic mass is 10.0. The molecule has 0 spiro atoms. The minimum atomic E-state index is -0.00326. The predicted octanol–water partition coefficient (Wildman–Crippen LogP) is 2.66. The Bertz CT molecular complexity index is 637. The first-order valence-corrected chi connectivity index (χ1v) is 7.20. The average molecular weight is 281 g/mol. The van der Waals surface area contributed by atoms with E-state index in [1.807, 2.05) is 18.2 Å². The van der Waals surface area contributed by atoms with Crippen molar-refractivity contribution < 1.29 is 4.79 Å². The summed E-state index contributed by atoms with van der Waals surface area (Å²) in [5, 5.41) is 2.91. The molecule has 2 aromatic carbocycles. The Hall–Kier alpha value is -2.49. The molecular formula is C17H19N3O. The highest BCUT2D eigenvalue weighted by molar-refractivity contribution is 5.94. The summed E-state index contributed by atoms with van der Waals surface area (Å²) < 4.78 is 0. The van der Waals surface area contributed by atoms with Crippen LogP contribution in [0.15, 0.2) is 48.5 Å². The van der Waals surface area contributed by atoms with Crippen molar-refractivity contribution >= 4 is 23.0 Å². The fourth-order valence-corrected chi connectivity index (χ4v) is 2.72. The van der Waals surface area contributed by atoms with E-state index < -0.39 is 0 Å². The number of hydrogen-bond donors (Lipinski definition) is 2. The number of nitrogen functional groups attached to an aromatic ring is 1. The summed E-state index contributed by atoms with van der Waals surface area (Å²) in [6.07, 6.45) is 2.18. The summed E-state index contributed by atoms with van der Waals surface area (Å²) in [7, 11) is 0. The average Bonchev–Trinajstić information content (AvgIpc) is 2.50. The molecule has 0 saturated heterocycles. The number of nitrogens with zero attached hydrogens (tertiary/aromatic N) is 1. The Kier molecular flexibility index (Phi) is 3.77. The number of para-hydroxylation sites is 1. The van der Waals surface area contributed by atoms with Gasteiger partial charge in [0.25, 0.3) is 0 Å². The van der Waals surface area contributed by atoms with Crippen LogP contribution in [-0.4, -0.2) is 19.0 Å². The van der Waals surface area contributed by atoms with Gasteiger partial charge in [0.1, 0.15) is 0 Å². The number of hydrogen-bond acceptors (Lipinski definition) is 3. The maximum Gasteiger partial charge on any atom is 0.243 e. The van der Waals surface area contributed by atoms with Crippen molar-refractivity contribution in [3.8, 4) is 0 Å². The maximum atomic E-state index is 12.2. The number of benzene rings is 2. The molecule has 1 aliphatic heterocycles. The van der Waals surface area contributed by atoms with Gasteiger partial charge in [0.2, 0.25) is 5.91 Å². The summed E-state index contributed by atoms with van der Waals surface area (Å²) in [5.41, 5.74) is 9.61. The van der Waals surface area contributed by atoms with Crippen LogP contribution in [0, 0.1) is 0 Å². The van der Waals surface area contributed by atoms with Crippen LogP contribution in [0.1, 0.15) is 12.0 Å². The van der Waals surface area contributed by atoms with Crippen molar-refractivity contribution in [3.05, 3.63) is 54.1 Å². The van der Waals surface area contributed by atoms with Gasteiger partial charge in [-0.3, -0.25) is 4.79 Å². The molecule has 1 amide bonds. The van der Waals surface area contributed by atoms with Gasteiger partial charge < -0.3 is 16.0 Å². The van der Waals surface area contributed by atoms with Gasteiger partial charge in [-0.25, -0.2) is 0 Å². The van der Waals surface area contributed by atoms with Crippen LogP contribution in [-0.2, 0) is 11.2 Å². The number of fused-ring (bicyclic) bond motifs is 1. The number of carbonyl (C=O) groups is 1. The van der Waals surface area contributed by atoms with Crippen molar-refractivity contribution in [2.75, 3.05) is 29.0 Å². The molecule has 0 radical (unpaired) electrons. The van der Waals surface area contributed by atoms with Crippen LogP contribution in [0.5, 0.6) is 0 Å². The lowest BCUT2D eigenvalue weighted by Crippen LogP contribution is -2.36. The summed E-state index contributed by atoms with van der Waals surface area (Å²) in [6.45, 7) is 1.30. The number of anilines is 3. The van der Waals surface area contributed by atoms with Crippen LogP contribution < -0.4 is 16.0 Å². The number of carbonyl (C=O) groups excluding carboxylic acids is 1. The second kappa shape index (κ2) is 5.87. The third kappa shape index (κ3) is 3.16. The number of rotatable bonds is 3. The molecule has 0 aromatic heterocycles. The first-order valence-electron chi connectivity index (χ1n) is 7.20. The van der Waals surface area contributed by atoms with Crippen molar-refractivity contribution in [1.29, 1.82) is 0 Å². The van der Waals surface area contributed by atoms with Gasteiger partial charge in [-0.2, -0.15) is 0 Å². The molecule has 2 aromatic rings. The molecule has 0 aliphatic carbocycles. The Labute approximate surface area is 124 Å². The predicted molar refractivity (Wildman–Crippen MR) is 86.5 cm³/mol. The van der Waals surface area contributed by atoms with Gasteiger partial charge in [0, 0.05) is 23.6 Å². The van der Waals surface area contributed by atoms with E-state index in [4.69, 9.17) is 5.73 Å². The van der Waals surface area contributed by atoms with Crippen LogP contribution in [0.25, 0.3) is 0 Å². The summed E-state index contributed by atoms with van der Waals surface area (Å²) in [4.78, 5) is 14.3. The molecule has 3 rings (SSSR count). The number of aryl methyl sites for hydroxylation is 1. The van der Waals surface area contributed by atoms with E-state index in [1.54, 1.807) is 12.1 Å². The molecule has 0 atom stereocenters. The molecule has 108 valence electrons. The monoisotopic (exact) mass is 281 g/mol. The highest BCUT2D eigenvalue weighted by Gasteiger charge is 2.18. The van der Waals surface area contributed by atoms with E-state index in [-0.39, 0.29) is 5.91 Å². The first-order chi connectivity index (χ1) is 10.2. The smallest absolute Gasteiger partial charge is 0.243 e. The number of amides is 1. The van der Waals surface area contributed by atoms with Gasteiger partial charge in [-0.05, 0) is 48.7 Å².